The Balaban J connectivity index is 1.77. The number of benzene rings is 3. The van der Waals surface area contributed by atoms with Gasteiger partial charge in [-0.1, -0.05) is 12.1 Å². The number of carbonyl (C=O) groups is 1. The highest BCUT2D eigenvalue weighted by atomic mass is 32.1. The van der Waals surface area contributed by atoms with Crippen molar-refractivity contribution >= 4 is 45.4 Å². The molecular weight excluding hydrogens is 394 g/mol. The van der Waals surface area contributed by atoms with Crippen LogP contribution >= 0.6 is 12.2 Å². The molecule has 0 unspecified atom stereocenters. The Kier molecular flexibility index (Phi) is 5.89. The highest BCUT2D eigenvalue weighted by Crippen LogP contribution is 2.28. The number of phenolic OH excluding ortho intramolecular Hbond substituents is 1. The molecule has 8 nitrogen and oxygen atoms in total. The Morgan fingerprint density at radius 2 is 2.00 bits per heavy atom. The fraction of sp³-hybridized carbons (Fsp3) is 0.100. The first-order chi connectivity index (χ1) is 13.9. The van der Waals surface area contributed by atoms with Gasteiger partial charge in [-0.3, -0.25) is 20.2 Å². The molecule has 0 spiro atoms. The van der Waals surface area contributed by atoms with Crippen LogP contribution in [0.25, 0.3) is 10.8 Å². The average molecular weight is 411 g/mol. The molecule has 9 heteroatoms. The number of phenols is 1. The fourth-order valence-electron chi connectivity index (χ4n) is 2.79. The maximum atomic E-state index is 12.5. The number of thiocarbonyl (C=S) groups is 1. The van der Waals surface area contributed by atoms with Crippen molar-refractivity contribution in [3.63, 3.8) is 0 Å². The molecule has 0 radical (unpaired) electrons. The molecule has 0 fully saturated rings. The maximum absolute atomic E-state index is 12.5. The Labute approximate surface area is 171 Å². The summed E-state index contributed by atoms with van der Waals surface area (Å²) in [6.07, 6.45) is 0. The topological polar surface area (TPSA) is 114 Å². The van der Waals surface area contributed by atoms with E-state index in [1.807, 2.05) is 6.07 Å². The van der Waals surface area contributed by atoms with Crippen LogP contribution in [0.5, 0.6) is 11.5 Å². The number of hydrogen-bond donors (Lipinski definition) is 3. The standard InChI is InChI=1S/C20H17N3O5S/c1-2-28-18-9-6-13(11-17(18)23(26)27)19(25)22-20(29)21-16-5-3-4-12-10-14(24)7-8-15(12)16/h3-11,24H,2H2,1H3,(H2,21,22,25,29). The number of fused-ring (bicyclic) bond motifs is 1. The number of nitrogens with one attached hydrogen (secondary N) is 2. The molecule has 0 atom stereocenters. The number of aromatic hydroxyl groups is 1. The van der Waals surface area contributed by atoms with E-state index in [9.17, 15) is 20.0 Å². The molecule has 0 bridgehead atoms. The molecule has 0 saturated heterocycles. The van der Waals surface area contributed by atoms with Crippen molar-refractivity contribution in [1.29, 1.82) is 0 Å². The fourth-order valence-corrected chi connectivity index (χ4v) is 2.99. The minimum atomic E-state index is -0.607. The van der Waals surface area contributed by atoms with Gasteiger partial charge in [0.25, 0.3) is 5.91 Å². The molecule has 0 aliphatic heterocycles. The van der Waals surface area contributed by atoms with E-state index in [4.69, 9.17) is 17.0 Å². The first-order valence-electron chi connectivity index (χ1n) is 8.64. The van der Waals surface area contributed by atoms with Gasteiger partial charge in [0.05, 0.1) is 11.5 Å². The van der Waals surface area contributed by atoms with Gasteiger partial charge in [-0.25, -0.2) is 0 Å². The lowest BCUT2D eigenvalue weighted by molar-refractivity contribution is -0.385. The van der Waals surface area contributed by atoms with Crippen LogP contribution in [0.1, 0.15) is 17.3 Å². The Morgan fingerprint density at radius 1 is 1.21 bits per heavy atom. The molecule has 0 aliphatic rings. The predicted octanol–water partition coefficient (Wildman–Crippen LogP) is 3.98. The molecule has 148 valence electrons. The second kappa shape index (κ2) is 8.53. The Morgan fingerprint density at radius 3 is 2.72 bits per heavy atom. The first kappa shape index (κ1) is 20.0. The number of ether oxygens (including phenoxy) is 1. The Hall–Kier alpha value is -3.72. The van der Waals surface area contributed by atoms with E-state index >= 15 is 0 Å². The molecule has 3 aromatic rings. The van der Waals surface area contributed by atoms with Crippen molar-refractivity contribution < 1.29 is 19.6 Å². The molecule has 0 aliphatic carbocycles. The zero-order valence-corrected chi connectivity index (χ0v) is 16.2. The summed E-state index contributed by atoms with van der Waals surface area (Å²) in [6.45, 7) is 1.98. The van der Waals surface area contributed by atoms with E-state index in [0.29, 0.717) is 5.69 Å². The van der Waals surface area contributed by atoms with E-state index < -0.39 is 10.8 Å². The van der Waals surface area contributed by atoms with Crippen molar-refractivity contribution in [2.24, 2.45) is 0 Å². The number of carbonyl (C=O) groups excluding carboxylic acids is 1. The quantitative estimate of drug-likeness (QED) is 0.331. The summed E-state index contributed by atoms with van der Waals surface area (Å²) >= 11 is 5.20. The third-order valence-corrected chi connectivity index (χ3v) is 4.26. The van der Waals surface area contributed by atoms with Crippen molar-refractivity contribution in [3.05, 3.63) is 70.3 Å². The van der Waals surface area contributed by atoms with E-state index in [1.54, 1.807) is 37.3 Å². The number of nitro benzene ring substituents is 1. The van der Waals surface area contributed by atoms with E-state index in [2.05, 4.69) is 10.6 Å². The van der Waals surface area contributed by atoms with Gasteiger partial charge in [0, 0.05) is 22.7 Å². The molecule has 3 aromatic carbocycles. The first-order valence-corrected chi connectivity index (χ1v) is 9.05. The van der Waals surface area contributed by atoms with Gasteiger partial charge in [0.2, 0.25) is 0 Å². The summed E-state index contributed by atoms with van der Waals surface area (Å²) < 4.78 is 5.21. The number of hydrogen-bond acceptors (Lipinski definition) is 6. The van der Waals surface area contributed by atoms with Crippen molar-refractivity contribution in [1.82, 2.24) is 5.32 Å². The molecule has 3 rings (SSSR count). The van der Waals surface area contributed by atoms with Crippen LogP contribution in [0, 0.1) is 10.1 Å². The summed E-state index contributed by atoms with van der Waals surface area (Å²) in [4.78, 5) is 23.1. The number of amides is 1. The molecular formula is C20H17N3O5S. The summed E-state index contributed by atoms with van der Waals surface area (Å²) in [5, 5.41) is 27.9. The summed E-state index contributed by atoms with van der Waals surface area (Å²) in [6, 6.07) is 14.2. The van der Waals surface area contributed by atoms with Crippen LogP contribution in [0.3, 0.4) is 0 Å². The van der Waals surface area contributed by atoms with Crippen molar-refractivity contribution in [2.45, 2.75) is 6.92 Å². The highest BCUT2D eigenvalue weighted by Gasteiger charge is 2.19. The van der Waals surface area contributed by atoms with Gasteiger partial charge >= 0.3 is 5.69 Å². The van der Waals surface area contributed by atoms with Crippen LogP contribution in [-0.2, 0) is 0 Å². The van der Waals surface area contributed by atoms with E-state index in [-0.39, 0.29) is 34.5 Å². The van der Waals surface area contributed by atoms with Gasteiger partial charge in [0.15, 0.2) is 10.9 Å². The van der Waals surface area contributed by atoms with Gasteiger partial charge in [0.1, 0.15) is 5.75 Å². The molecule has 0 aromatic heterocycles. The van der Waals surface area contributed by atoms with Gasteiger partial charge < -0.3 is 15.2 Å². The number of nitro groups is 1. The average Bonchev–Trinajstić information content (AvgIpc) is 2.68. The molecule has 0 heterocycles. The third kappa shape index (κ3) is 4.58. The van der Waals surface area contributed by atoms with E-state index in [1.165, 1.54) is 12.1 Å². The lowest BCUT2D eigenvalue weighted by Crippen LogP contribution is -2.34. The minimum Gasteiger partial charge on any atom is -0.508 e. The van der Waals surface area contributed by atoms with Crippen LogP contribution in [-0.4, -0.2) is 27.7 Å². The molecule has 0 saturated carbocycles. The molecule has 1 amide bonds. The normalized spacial score (nSPS) is 10.4. The van der Waals surface area contributed by atoms with Gasteiger partial charge in [-0.05, 0) is 60.9 Å². The summed E-state index contributed by atoms with van der Waals surface area (Å²) in [7, 11) is 0. The minimum absolute atomic E-state index is 0.0344. The van der Waals surface area contributed by atoms with Crippen LogP contribution in [0.2, 0.25) is 0 Å². The van der Waals surface area contributed by atoms with Gasteiger partial charge in [-0.15, -0.1) is 0 Å². The van der Waals surface area contributed by atoms with Gasteiger partial charge in [-0.2, -0.15) is 0 Å². The van der Waals surface area contributed by atoms with Crippen LogP contribution < -0.4 is 15.4 Å². The van der Waals surface area contributed by atoms with Crippen LogP contribution in [0.4, 0.5) is 11.4 Å². The van der Waals surface area contributed by atoms with Crippen molar-refractivity contribution in [2.75, 3.05) is 11.9 Å². The smallest absolute Gasteiger partial charge is 0.311 e. The third-order valence-electron chi connectivity index (χ3n) is 4.06. The lowest BCUT2D eigenvalue weighted by Gasteiger charge is -2.12. The monoisotopic (exact) mass is 411 g/mol. The number of rotatable bonds is 5. The molecule has 3 N–H and O–H groups in total. The van der Waals surface area contributed by atoms with Crippen molar-refractivity contribution in [3.8, 4) is 11.5 Å². The predicted molar refractivity (Wildman–Crippen MR) is 114 cm³/mol. The Bertz CT molecular complexity index is 1120. The summed E-state index contributed by atoms with van der Waals surface area (Å²) in [5.74, 6) is -0.358. The molecule has 29 heavy (non-hydrogen) atoms. The highest BCUT2D eigenvalue weighted by molar-refractivity contribution is 7.80. The zero-order chi connectivity index (χ0) is 21.0. The largest absolute Gasteiger partial charge is 0.508 e. The maximum Gasteiger partial charge on any atom is 0.311 e. The SMILES string of the molecule is CCOc1ccc(C(=O)NC(=S)Nc2cccc3cc(O)ccc23)cc1[N+](=O)[O-]. The van der Waals surface area contributed by atoms with Crippen LogP contribution in [0.15, 0.2) is 54.6 Å². The zero-order valence-electron chi connectivity index (χ0n) is 15.3. The number of anilines is 1. The number of nitrogens with zero attached hydrogens (tertiary/aromatic N) is 1. The second-order valence-electron chi connectivity index (χ2n) is 5.99. The summed E-state index contributed by atoms with van der Waals surface area (Å²) in [5.41, 5.74) is 0.421. The second-order valence-corrected chi connectivity index (χ2v) is 6.40. The van der Waals surface area contributed by atoms with E-state index in [0.717, 1.165) is 16.8 Å². The lowest BCUT2D eigenvalue weighted by atomic mass is 10.1.